The van der Waals surface area contributed by atoms with Crippen LogP contribution >= 0.6 is 15.9 Å². The normalized spacial score (nSPS) is 23.5. The minimum absolute atomic E-state index is 0.227. The standard InChI is InChI=1S/C35H27BrN2O4/c1-20-19-29-35(26-8-4-5-9-27(26)37-34(35)41)30(32(39)21-11-15-23(36)16-12-21)31(38(29)28-10-6-3-7-25(20)28)33(40)22-13-17-24(42-2)18-14-22/h3-19,29-31H,1-2H3,(H,37,41). The fourth-order valence-electron chi connectivity index (χ4n) is 7.11. The molecule has 4 unspecified atom stereocenters. The Morgan fingerprint density at radius 2 is 1.50 bits per heavy atom. The molecule has 4 aromatic rings. The number of nitrogens with zero attached hydrogens (tertiary/aromatic N) is 1. The Hall–Kier alpha value is -4.49. The van der Waals surface area contributed by atoms with Crippen molar-refractivity contribution in [2.45, 2.75) is 24.4 Å². The van der Waals surface area contributed by atoms with Gasteiger partial charge in [-0.3, -0.25) is 14.4 Å². The summed E-state index contributed by atoms with van der Waals surface area (Å²) in [4.78, 5) is 46.1. The third-order valence-corrected chi connectivity index (χ3v) is 9.47. The Labute approximate surface area is 252 Å². The summed E-state index contributed by atoms with van der Waals surface area (Å²) in [5.74, 6) is -1.14. The highest BCUT2D eigenvalue weighted by Gasteiger charge is 2.70. The van der Waals surface area contributed by atoms with E-state index >= 15 is 0 Å². The number of para-hydroxylation sites is 2. The summed E-state index contributed by atoms with van der Waals surface area (Å²) in [5, 5.41) is 3.08. The first kappa shape index (κ1) is 26.4. The van der Waals surface area contributed by atoms with Crippen molar-refractivity contribution < 1.29 is 19.1 Å². The molecule has 1 amide bonds. The van der Waals surface area contributed by atoms with Gasteiger partial charge in [0.15, 0.2) is 11.6 Å². The highest BCUT2D eigenvalue weighted by Crippen LogP contribution is 2.58. The number of halogens is 1. The number of ketones is 2. The van der Waals surface area contributed by atoms with E-state index in [1.165, 1.54) is 0 Å². The zero-order valence-corrected chi connectivity index (χ0v) is 24.6. The minimum atomic E-state index is -1.34. The molecular weight excluding hydrogens is 592 g/mol. The number of rotatable bonds is 5. The number of hydrogen-bond acceptors (Lipinski definition) is 5. The summed E-state index contributed by atoms with van der Waals surface area (Å²) in [6, 6.07) is 27.9. The van der Waals surface area contributed by atoms with Gasteiger partial charge in [0.2, 0.25) is 5.91 Å². The molecule has 0 aromatic heterocycles. The van der Waals surface area contributed by atoms with Crippen LogP contribution in [0, 0.1) is 5.92 Å². The third kappa shape index (κ3) is 3.66. The first-order valence-electron chi connectivity index (χ1n) is 13.8. The molecule has 1 saturated heterocycles. The largest absolute Gasteiger partial charge is 0.497 e. The lowest BCUT2D eigenvalue weighted by Gasteiger charge is -2.39. The number of anilines is 2. The van der Waals surface area contributed by atoms with Gasteiger partial charge in [-0.15, -0.1) is 0 Å². The van der Waals surface area contributed by atoms with Gasteiger partial charge in [-0.2, -0.15) is 0 Å². The second kappa shape index (κ2) is 9.81. The zero-order valence-electron chi connectivity index (χ0n) is 23.0. The molecule has 42 heavy (non-hydrogen) atoms. The van der Waals surface area contributed by atoms with Crippen molar-refractivity contribution in [2.75, 3.05) is 17.3 Å². The van der Waals surface area contributed by atoms with Crippen LogP contribution in [0.25, 0.3) is 5.57 Å². The summed E-state index contributed by atoms with van der Waals surface area (Å²) in [5.41, 5.74) is 3.74. The zero-order chi connectivity index (χ0) is 29.2. The fraction of sp³-hybridized carbons (Fsp3) is 0.171. The Kier molecular flexibility index (Phi) is 6.17. The predicted octanol–water partition coefficient (Wildman–Crippen LogP) is 6.70. The summed E-state index contributed by atoms with van der Waals surface area (Å²) < 4.78 is 6.17. The Morgan fingerprint density at radius 1 is 0.857 bits per heavy atom. The van der Waals surface area contributed by atoms with Crippen molar-refractivity contribution in [1.29, 1.82) is 0 Å². The third-order valence-electron chi connectivity index (χ3n) is 8.94. The first-order chi connectivity index (χ1) is 20.4. The smallest absolute Gasteiger partial charge is 0.238 e. The monoisotopic (exact) mass is 618 g/mol. The molecule has 4 aromatic carbocycles. The van der Waals surface area contributed by atoms with Gasteiger partial charge in [0.05, 0.1) is 19.1 Å². The summed E-state index contributed by atoms with van der Waals surface area (Å²) in [7, 11) is 1.57. The molecule has 0 bridgehead atoms. The van der Waals surface area contributed by atoms with Crippen LogP contribution in [-0.2, 0) is 10.2 Å². The maximum Gasteiger partial charge on any atom is 0.238 e. The van der Waals surface area contributed by atoms with Crippen LogP contribution in [-0.4, -0.2) is 36.7 Å². The van der Waals surface area contributed by atoms with Gasteiger partial charge in [0.1, 0.15) is 17.2 Å². The second-order valence-electron chi connectivity index (χ2n) is 11.0. The van der Waals surface area contributed by atoms with Crippen molar-refractivity contribution in [3.05, 3.63) is 130 Å². The number of carbonyl (C=O) groups excluding carboxylic acids is 3. The number of methoxy groups -OCH3 is 1. The number of fused-ring (bicyclic) bond motifs is 6. The van der Waals surface area contributed by atoms with E-state index in [1.54, 1.807) is 43.5 Å². The lowest BCUT2D eigenvalue weighted by atomic mass is 9.64. The fourth-order valence-corrected chi connectivity index (χ4v) is 7.37. The maximum atomic E-state index is 14.8. The van der Waals surface area contributed by atoms with Crippen LogP contribution in [0.3, 0.4) is 0 Å². The molecule has 1 fully saturated rings. The number of hydrogen-bond donors (Lipinski definition) is 1. The van der Waals surface area contributed by atoms with Gasteiger partial charge >= 0.3 is 0 Å². The lowest BCUT2D eigenvalue weighted by molar-refractivity contribution is -0.121. The van der Waals surface area contributed by atoms with Gasteiger partial charge in [-0.25, -0.2) is 0 Å². The maximum absolute atomic E-state index is 14.8. The Morgan fingerprint density at radius 3 is 2.24 bits per heavy atom. The quantitative estimate of drug-likeness (QED) is 0.252. The summed E-state index contributed by atoms with van der Waals surface area (Å²) in [6.45, 7) is 2.02. The number of amides is 1. The molecule has 0 saturated carbocycles. The Bertz CT molecular complexity index is 1800. The summed E-state index contributed by atoms with van der Waals surface area (Å²) >= 11 is 3.46. The van der Waals surface area contributed by atoms with E-state index in [2.05, 4.69) is 27.3 Å². The molecular formula is C35H27BrN2O4. The number of allylic oxidation sites excluding steroid dienone is 1. The van der Waals surface area contributed by atoms with E-state index in [9.17, 15) is 14.4 Å². The number of Topliss-reactive ketones (excluding diaryl/α,β-unsaturated/α-hetero) is 2. The van der Waals surface area contributed by atoms with Crippen LogP contribution < -0.4 is 15.0 Å². The molecule has 6 nitrogen and oxygen atoms in total. The molecule has 0 radical (unpaired) electrons. The van der Waals surface area contributed by atoms with Gasteiger partial charge < -0.3 is 15.0 Å². The van der Waals surface area contributed by atoms with Gasteiger partial charge in [0, 0.05) is 32.5 Å². The minimum Gasteiger partial charge on any atom is -0.497 e. The molecule has 3 heterocycles. The SMILES string of the molecule is COc1ccc(C(=O)C2C(C(=O)c3ccc(Br)cc3)C3(C(=O)Nc4ccccc43)C3C=C(C)c4ccccc4N23)cc1. The van der Waals surface area contributed by atoms with Crippen molar-refractivity contribution >= 4 is 50.4 Å². The van der Waals surface area contributed by atoms with Gasteiger partial charge in [-0.1, -0.05) is 70.5 Å². The second-order valence-corrected chi connectivity index (χ2v) is 11.9. The average molecular weight is 620 g/mol. The van der Waals surface area contributed by atoms with Crippen molar-refractivity contribution in [3.8, 4) is 5.75 Å². The number of carbonyl (C=O) groups is 3. The number of benzene rings is 4. The van der Waals surface area contributed by atoms with Crippen molar-refractivity contribution in [2.24, 2.45) is 5.92 Å². The van der Waals surface area contributed by atoms with Crippen LogP contribution in [0.1, 0.15) is 38.8 Å². The van der Waals surface area contributed by atoms with Crippen LogP contribution in [0.2, 0.25) is 0 Å². The molecule has 7 rings (SSSR count). The highest BCUT2D eigenvalue weighted by molar-refractivity contribution is 9.10. The lowest BCUT2D eigenvalue weighted by Crippen LogP contribution is -2.51. The van der Waals surface area contributed by atoms with Crippen molar-refractivity contribution in [3.63, 3.8) is 0 Å². The van der Waals surface area contributed by atoms with Crippen LogP contribution in [0.15, 0.2) is 108 Å². The van der Waals surface area contributed by atoms with E-state index in [-0.39, 0.29) is 17.5 Å². The van der Waals surface area contributed by atoms with Crippen LogP contribution in [0.4, 0.5) is 11.4 Å². The topological polar surface area (TPSA) is 75.7 Å². The van der Waals surface area contributed by atoms with E-state index < -0.39 is 23.4 Å². The summed E-state index contributed by atoms with van der Waals surface area (Å²) in [6.07, 6.45) is 2.06. The molecule has 1 N–H and O–H groups in total. The van der Waals surface area contributed by atoms with Gasteiger partial charge in [-0.05, 0) is 66.6 Å². The molecule has 1 spiro atoms. The molecule has 3 aliphatic heterocycles. The van der Waals surface area contributed by atoms with E-state index in [0.29, 0.717) is 22.6 Å². The Balaban J connectivity index is 1.53. The molecule has 7 heteroatoms. The van der Waals surface area contributed by atoms with E-state index in [4.69, 9.17) is 4.74 Å². The number of ether oxygens (including phenoxy) is 1. The average Bonchev–Trinajstić information content (AvgIpc) is 3.49. The molecule has 208 valence electrons. The predicted molar refractivity (Wildman–Crippen MR) is 166 cm³/mol. The number of nitrogens with one attached hydrogen (secondary N) is 1. The van der Waals surface area contributed by atoms with E-state index in [1.807, 2.05) is 72.5 Å². The molecule has 4 atom stereocenters. The highest BCUT2D eigenvalue weighted by atomic mass is 79.9. The van der Waals surface area contributed by atoms with E-state index in [0.717, 1.165) is 26.9 Å². The van der Waals surface area contributed by atoms with Crippen LogP contribution in [0.5, 0.6) is 5.75 Å². The van der Waals surface area contributed by atoms with Crippen molar-refractivity contribution in [1.82, 2.24) is 0 Å². The molecule has 3 aliphatic rings. The molecule has 0 aliphatic carbocycles. The first-order valence-corrected chi connectivity index (χ1v) is 14.6. The van der Waals surface area contributed by atoms with Gasteiger partial charge in [0.25, 0.3) is 0 Å².